The molecule has 0 aromatic carbocycles. The predicted octanol–water partition coefficient (Wildman–Crippen LogP) is -0.0659. The van der Waals surface area contributed by atoms with Gasteiger partial charge >= 0.3 is 0 Å². The van der Waals surface area contributed by atoms with Crippen LogP contribution in [0.2, 0.25) is 0 Å². The summed E-state index contributed by atoms with van der Waals surface area (Å²) in [5.41, 5.74) is 5.31. The van der Waals surface area contributed by atoms with Gasteiger partial charge in [-0.1, -0.05) is 13.8 Å². The summed E-state index contributed by atoms with van der Waals surface area (Å²) in [6, 6.07) is 1.09. The highest BCUT2D eigenvalue weighted by Gasteiger charge is 2.21. The maximum Gasteiger partial charge on any atom is 0.236 e. The van der Waals surface area contributed by atoms with Crippen molar-refractivity contribution in [3.05, 3.63) is 0 Å². The molecular weight excluding hydrogens is 178 g/mol. The van der Waals surface area contributed by atoms with Crippen LogP contribution in [0.5, 0.6) is 0 Å². The number of hydrogen-bond acceptors (Lipinski definition) is 3. The van der Waals surface area contributed by atoms with Crippen LogP contribution in [0.25, 0.3) is 0 Å². The lowest BCUT2D eigenvalue weighted by Crippen LogP contribution is -2.48. The van der Waals surface area contributed by atoms with Gasteiger partial charge in [-0.25, -0.2) is 0 Å². The second-order valence-corrected chi connectivity index (χ2v) is 4.18. The summed E-state index contributed by atoms with van der Waals surface area (Å²) in [5.74, 6) is 0.0768. The summed E-state index contributed by atoms with van der Waals surface area (Å²) in [6.07, 6.45) is 2.09. The number of nitrogens with two attached hydrogens (primary N) is 1. The van der Waals surface area contributed by atoms with E-state index in [-0.39, 0.29) is 12.5 Å². The highest BCUT2D eigenvalue weighted by molar-refractivity contribution is 5.78. The van der Waals surface area contributed by atoms with Gasteiger partial charge in [-0.05, 0) is 12.8 Å². The third-order valence-corrected chi connectivity index (χ3v) is 2.59. The fraction of sp³-hybridized carbons (Fsp3) is 0.900. The van der Waals surface area contributed by atoms with Crippen molar-refractivity contribution in [3.8, 4) is 0 Å². The Hall–Kier alpha value is -0.610. The molecule has 0 spiro atoms. The van der Waals surface area contributed by atoms with Crippen molar-refractivity contribution in [2.45, 2.75) is 38.8 Å². The Kier molecular flexibility index (Phi) is 4.35. The number of carbonyl (C=O) groups excluding carboxylic acids is 1. The van der Waals surface area contributed by atoms with Crippen molar-refractivity contribution >= 4 is 5.91 Å². The van der Waals surface area contributed by atoms with Crippen molar-refractivity contribution < 1.29 is 4.79 Å². The van der Waals surface area contributed by atoms with Gasteiger partial charge < -0.3 is 16.0 Å². The first-order chi connectivity index (χ1) is 6.63. The first-order valence-corrected chi connectivity index (χ1v) is 5.37. The van der Waals surface area contributed by atoms with E-state index in [1.807, 2.05) is 4.90 Å². The van der Waals surface area contributed by atoms with Gasteiger partial charge in [0.15, 0.2) is 0 Å². The second-order valence-electron chi connectivity index (χ2n) is 4.18. The Morgan fingerprint density at radius 1 is 1.50 bits per heavy atom. The summed E-state index contributed by atoms with van der Waals surface area (Å²) in [7, 11) is 0. The van der Waals surface area contributed by atoms with Gasteiger partial charge in [-0.3, -0.25) is 4.79 Å². The van der Waals surface area contributed by atoms with Crippen molar-refractivity contribution in [2.24, 2.45) is 5.73 Å². The van der Waals surface area contributed by atoms with Crippen molar-refractivity contribution in [1.82, 2.24) is 10.2 Å². The van der Waals surface area contributed by atoms with Crippen LogP contribution in [0.15, 0.2) is 0 Å². The predicted molar refractivity (Wildman–Crippen MR) is 56.9 cm³/mol. The number of nitrogens with one attached hydrogen (secondary N) is 1. The molecule has 82 valence electrons. The molecule has 1 heterocycles. The number of nitrogens with zero attached hydrogens (tertiary/aromatic N) is 1. The summed E-state index contributed by atoms with van der Waals surface area (Å²) in [6.45, 7) is 6.14. The summed E-state index contributed by atoms with van der Waals surface area (Å²) in [4.78, 5) is 13.1. The van der Waals surface area contributed by atoms with E-state index in [2.05, 4.69) is 19.2 Å². The fourth-order valence-electron chi connectivity index (χ4n) is 1.90. The molecule has 4 nitrogen and oxygen atoms in total. The highest BCUT2D eigenvalue weighted by atomic mass is 16.2. The minimum absolute atomic E-state index is 0.0768. The van der Waals surface area contributed by atoms with E-state index in [4.69, 9.17) is 5.73 Å². The Balaban J connectivity index is 2.27. The molecule has 4 heteroatoms. The third kappa shape index (κ3) is 3.27. The monoisotopic (exact) mass is 199 g/mol. The zero-order chi connectivity index (χ0) is 10.6. The molecule has 1 saturated heterocycles. The van der Waals surface area contributed by atoms with E-state index in [0.29, 0.717) is 12.1 Å². The van der Waals surface area contributed by atoms with E-state index in [1.54, 1.807) is 0 Å². The average molecular weight is 199 g/mol. The summed E-state index contributed by atoms with van der Waals surface area (Å²) in [5, 5.41) is 3.49. The van der Waals surface area contributed by atoms with E-state index in [1.165, 1.54) is 0 Å². The lowest BCUT2D eigenvalue weighted by atomic mass is 10.0. The Morgan fingerprint density at radius 3 is 2.50 bits per heavy atom. The van der Waals surface area contributed by atoms with Crippen LogP contribution in [0, 0.1) is 0 Å². The van der Waals surface area contributed by atoms with Gasteiger partial charge in [-0.2, -0.15) is 0 Å². The molecule has 0 atom stereocenters. The molecule has 14 heavy (non-hydrogen) atoms. The minimum Gasteiger partial charge on any atom is -0.341 e. The van der Waals surface area contributed by atoms with Crippen molar-refractivity contribution in [2.75, 3.05) is 19.6 Å². The SMILES string of the molecule is CC(C)NC1CCN(C(=O)CN)CC1. The number of hydrogen-bond donors (Lipinski definition) is 2. The topological polar surface area (TPSA) is 58.4 Å². The molecule has 0 unspecified atom stereocenters. The Labute approximate surface area is 85.8 Å². The molecule has 0 radical (unpaired) electrons. The van der Waals surface area contributed by atoms with Gasteiger partial charge in [0.25, 0.3) is 0 Å². The lowest BCUT2D eigenvalue weighted by molar-refractivity contribution is -0.130. The number of piperidine rings is 1. The van der Waals surface area contributed by atoms with Crippen molar-refractivity contribution in [3.63, 3.8) is 0 Å². The van der Waals surface area contributed by atoms with Gasteiger partial charge in [0.1, 0.15) is 0 Å². The third-order valence-electron chi connectivity index (χ3n) is 2.59. The first-order valence-electron chi connectivity index (χ1n) is 5.37. The zero-order valence-corrected chi connectivity index (χ0v) is 9.12. The van der Waals surface area contributed by atoms with Gasteiger partial charge in [-0.15, -0.1) is 0 Å². The van der Waals surface area contributed by atoms with Gasteiger partial charge in [0.05, 0.1) is 6.54 Å². The molecule has 1 aliphatic rings. The Bertz CT molecular complexity index is 186. The van der Waals surface area contributed by atoms with Crippen molar-refractivity contribution in [1.29, 1.82) is 0 Å². The lowest BCUT2D eigenvalue weighted by Gasteiger charge is -2.33. The second kappa shape index (κ2) is 5.32. The van der Waals surface area contributed by atoms with E-state index >= 15 is 0 Å². The van der Waals surface area contributed by atoms with Crippen LogP contribution in [0.4, 0.5) is 0 Å². The minimum atomic E-state index is 0.0768. The van der Waals surface area contributed by atoms with Gasteiger partial charge in [0, 0.05) is 25.2 Å². The van der Waals surface area contributed by atoms with Crippen LogP contribution in [0.1, 0.15) is 26.7 Å². The van der Waals surface area contributed by atoms with E-state index < -0.39 is 0 Å². The molecule has 0 aromatic rings. The normalized spacial score (nSPS) is 19.0. The molecule has 0 bridgehead atoms. The molecule has 0 saturated carbocycles. The first kappa shape index (κ1) is 11.5. The quantitative estimate of drug-likeness (QED) is 0.669. The molecule has 3 N–H and O–H groups in total. The average Bonchev–Trinajstić information content (AvgIpc) is 2.17. The van der Waals surface area contributed by atoms with Crippen LogP contribution in [-0.2, 0) is 4.79 Å². The molecule has 1 rings (SSSR count). The van der Waals surface area contributed by atoms with Crippen LogP contribution < -0.4 is 11.1 Å². The summed E-state index contributed by atoms with van der Waals surface area (Å²) >= 11 is 0. The number of amides is 1. The maximum atomic E-state index is 11.3. The zero-order valence-electron chi connectivity index (χ0n) is 9.12. The highest BCUT2D eigenvalue weighted by Crippen LogP contribution is 2.10. The summed E-state index contributed by atoms with van der Waals surface area (Å²) < 4.78 is 0. The molecule has 0 aromatic heterocycles. The molecule has 1 aliphatic heterocycles. The Morgan fingerprint density at radius 2 is 2.07 bits per heavy atom. The molecule has 1 fully saturated rings. The van der Waals surface area contributed by atoms with Gasteiger partial charge in [0.2, 0.25) is 5.91 Å². The maximum absolute atomic E-state index is 11.3. The number of rotatable bonds is 3. The molecule has 0 aliphatic carbocycles. The molecule has 1 amide bonds. The standard InChI is InChI=1S/C10H21N3O/c1-8(2)12-9-3-5-13(6-4-9)10(14)7-11/h8-9,12H,3-7,11H2,1-2H3. The van der Waals surface area contributed by atoms with Crippen LogP contribution in [0.3, 0.4) is 0 Å². The van der Waals surface area contributed by atoms with Crippen LogP contribution in [-0.4, -0.2) is 42.5 Å². The van der Waals surface area contributed by atoms with Crippen LogP contribution >= 0.6 is 0 Å². The smallest absolute Gasteiger partial charge is 0.236 e. The number of carbonyl (C=O) groups is 1. The fourth-order valence-corrected chi connectivity index (χ4v) is 1.90. The largest absolute Gasteiger partial charge is 0.341 e. The van der Waals surface area contributed by atoms with E-state index in [0.717, 1.165) is 25.9 Å². The molecular formula is C10H21N3O. The van der Waals surface area contributed by atoms with E-state index in [9.17, 15) is 4.79 Å². The number of likely N-dealkylation sites (tertiary alicyclic amines) is 1.